The average molecular weight is 398 g/mol. The predicted molar refractivity (Wildman–Crippen MR) is 97.9 cm³/mol. The van der Waals surface area contributed by atoms with Crippen LogP contribution in [0.15, 0.2) is 51.1 Å². The Morgan fingerprint density at radius 3 is 2.46 bits per heavy atom. The molecule has 0 spiro atoms. The maximum absolute atomic E-state index is 12.6. The number of carbonyl (C=O) groups excluding carboxylic acids is 1. The largest absolute Gasteiger partial charge is 0.354 e. The fraction of sp³-hybridized carbons (Fsp3) is 0.353. The van der Waals surface area contributed by atoms with E-state index in [1.54, 1.807) is 0 Å². The molecule has 0 unspecified atom stereocenters. The molecule has 1 heterocycles. The van der Waals surface area contributed by atoms with Crippen LogP contribution in [0.1, 0.15) is 20.3 Å². The molecule has 0 aliphatic rings. The standard InChI is InChI=1S/C17H20ClN3O4S/c1-12(2)9-10-19-15(22)11-21-17(23)8-7-16(20-21)26(24,25)14-5-3-13(18)4-6-14/h3-8,12H,9-11H2,1-2H3,(H,19,22). The van der Waals surface area contributed by atoms with Crippen molar-refractivity contribution in [2.24, 2.45) is 5.92 Å². The maximum atomic E-state index is 12.6. The molecule has 0 bridgehead atoms. The van der Waals surface area contributed by atoms with Crippen LogP contribution in [0.4, 0.5) is 0 Å². The van der Waals surface area contributed by atoms with Gasteiger partial charge in [0, 0.05) is 17.6 Å². The van der Waals surface area contributed by atoms with E-state index in [0.29, 0.717) is 17.5 Å². The molecule has 0 saturated heterocycles. The van der Waals surface area contributed by atoms with Crippen molar-refractivity contribution in [1.29, 1.82) is 0 Å². The molecule has 2 rings (SSSR count). The summed E-state index contributed by atoms with van der Waals surface area (Å²) < 4.78 is 26.1. The quantitative estimate of drug-likeness (QED) is 0.769. The van der Waals surface area contributed by atoms with Crippen molar-refractivity contribution in [2.45, 2.75) is 36.7 Å². The molecule has 7 nitrogen and oxygen atoms in total. The summed E-state index contributed by atoms with van der Waals surface area (Å²) in [7, 11) is -3.92. The fourth-order valence-corrected chi connectivity index (χ4v) is 3.43. The summed E-state index contributed by atoms with van der Waals surface area (Å²) in [4.78, 5) is 23.8. The van der Waals surface area contributed by atoms with Crippen LogP contribution in [0.5, 0.6) is 0 Å². The first-order chi connectivity index (χ1) is 12.2. The molecule has 0 fully saturated rings. The van der Waals surface area contributed by atoms with E-state index in [0.717, 1.165) is 23.2 Å². The zero-order valence-corrected chi connectivity index (χ0v) is 16.0. The van der Waals surface area contributed by atoms with Gasteiger partial charge in [-0.3, -0.25) is 9.59 Å². The van der Waals surface area contributed by atoms with Gasteiger partial charge in [0.2, 0.25) is 15.7 Å². The van der Waals surface area contributed by atoms with Gasteiger partial charge in [-0.05, 0) is 42.7 Å². The van der Waals surface area contributed by atoms with Crippen molar-refractivity contribution in [1.82, 2.24) is 15.1 Å². The van der Waals surface area contributed by atoms with Gasteiger partial charge in [-0.25, -0.2) is 13.1 Å². The van der Waals surface area contributed by atoms with E-state index < -0.39 is 21.3 Å². The smallest absolute Gasteiger partial charge is 0.267 e. The van der Waals surface area contributed by atoms with E-state index in [9.17, 15) is 18.0 Å². The minimum atomic E-state index is -3.92. The second-order valence-electron chi connectivity index (χ2n) is 6.16. The number of nitrogens with zero attached hydrogens (tertiary/aromatic N) is 2. The summed E-state index contributed by atoms with van der Waals surface area (Å²) in [5.41, 5.74) is -0.556. The second kappa shape index (κ2) is 8.46. The van der Waals surface area contributed by atoms with Crippen LogP contribution in [-0.4, -0.2) is 30.7 Å². The Morgan fingerprint density at radius 1 is 1.19 bits per heavy atom. The summed E-state index contributed by atoms with van der Waals surface area (Å²) >= 11 is 5.77. The third kappa shape index (κ3) is 5.15. The Hall–Kier alpha value is -2.19. The van der Waals surface area contributed by atoms with Crippen LogP contribution in [-0.2, 0) is 21.2 Å². The van der Waals surface area contributed by atoms with Gasteiger partial charge < -0.3 is 5.32 Å². The van der Waals surface area contributed by atoms with Crippen molar-refractivity contribution < 1.29 is 13.2 Å². The number of aromatic nitrogens is 2. The Kier molecular flexibility index (Phi) is 6.55. The zero-order chi connectivity index (χ0) is 19.3. The highest BCUT2D eigenvalue weighted by Crippen LogP contribution is 2.20. The predicted octanol–water partition coefficient (Wildman–Crippen LogP) is 1.89. The van der Waals surface area contributed by atoms with Gasteiger partial charge >= 0.3 is 0 Å². The van der Waals surface area contributed by atoms with Gasteiger partial charge in [-0.1, -0.05) is 25.4 Å². The molecule has 2 aromatic rings. The lowest BCUT2D eigenvalue weighted by atomic mass is 10.1. The Labute approximate surface area is 156 Å². The zero-order valence-electron chi connectivity index (χ0n) is 14.5. The SMILES string of the molecule is CC(C)CCNC(=O)Cn1nc(S(=O)(=O)c2ccc(Cl)cc2)ccc1=O. The monoisotopic (exact) mass is 397 g/mol. The molecule has 1 N–H and O–H groups in total. The summed E-state index contributed by atoms with van der Waals surface area (Å²) in [6.45, 7) is 4.20. The van der Waals surface area contributed by atoms with Crippen LogP contribution >= 0.6 is 11.6 Å². The van der Waals surface area contributed by atoms with E-state index in [2.05, 4.69) is 10.4 Å². The number of halogens is 1. The Bertz CT molecular complexity index is 937. The number of amides is 1. The number of nitrogens with one attached hydrogen (secondary N) is 1. The number of hydrogen-bond donors (Lipinski definition) is 1. The molecule has 1 aromatic carbocycles. The van der Waals surface area contributed by atoms with Crippen LogP contribution in [0.3, 0.4) is 0 Å². The molecular formula is C17H20ClN3O4S. The van der Waals surface area contributed by atoms with E-state index in [-0.39, 0.29) is 16.5 Å². The van der Waals surface area contributed by atoms with E-state index in [4.69, 9.17) is 11.6 Å². The van der Waals surface area contributed by atoms with Crippen molar-refractivity contribution >= 4 is 27.3 Å². The molecular weight excluding hydrogens is 378 g/mol. The Morgan fingerprint density at radius 2 is 1.85 bits per heavy atom. The summed E-state index contributed by atoms with van der Waals surface area (Å²) in [6.07, 6.45) is 0.805. The number of rotatable bonds is 7. The van der Waals surface area contributed by atoms with Crippen LogP contribution in [0.2, 0.25) is 5.02 Å². The van der Waals surface area contributed by atoms with Crippen molar-refractivity contribution in [2.75, 3.05) is 6.54 Å². The van der Waals surface area contributed by atoms with Crippen molar-refractivity contribution in [3.63, 3.8) is 0 Å². The maximum Gasteiger partial charge on any atom is 0.267 e. The minimum Gasteiger partial charge on any atom is -0.354 e. The van der Waals surface area contributed by atoms with E-state index >= 15 is 0 Å². The molecule has 26 heavy (non-hydrogen) atoms. The van der Waals surface area contributed by atoms with Gasteiger partial charge in [0.25, 0.3) is 5.56 Å². The molecule has 0 aliphatic heterocycles. The summed E-state index contributed by atoms with van der Waals surface area (Å²) in [6, 6.07) is 7.82. The number of benzene rings is 1. The van der Waals surface area contributed by atoms with Gasteiger partial charge in [-0.2, -0.15) is 5.10 Å². The number of sulfone groups is 1. The topological polar surface area (TPSA) is 98.1 Å². The summed E-state index contributed by atoms with van der Waals surface area (Å²) in [5.74, 6) is 0.0327. The van der Waals surface area contributed by atoms with Crippen molar-refractivity contribution in [3.8, 4) is 0 Å². The van der Waals surface area contributed by atoms with E-state index in [1.165, 1.54) is 24.3 Å². The molecule has 9 heteroatoms. The average Bonchev–Trinajstić information content (AvgIpc) is 2.56. The number of hydrogen-bond acceptors (Lipinski definition) is 5. The Balaban J connectivity index is 2.22. The first-order valence-corrected chi connectivity index (χ1v) is 9.92. The first kappa shape index (κ1) is 20.1. The van der Waals surface area contributed by atoms with Gasteiger partial charge in [0.15, 0.2) is 5.03 Å². The highest BCUT2D eigenvalue weighted by Gasteiger charge is 2.21. The highest BCUT2D eigenvalue weighted by atomic mass is 35.5. The third-order valence-corrected chi connectivity index (χ3v) is 5.49. The second-order valence-corrected chi connectivity index (χ2v) is 8.49. The van der Waals surface area contributed by atoms with Gasteiger partial charge in [-0.15, -0.1) is 0 Å². The van der Waals surface area contributed by atoms with Crippen LogP contribution in [0.25, 0.3) is 0 Å². The molecule has 1 amide bonds. The summed E-state index contributed by atoms with van der Waals surface area (Å²) in [5, 5.41) is 6.62. The lowest BCUT2D eigenvalue weighted by molar-refractivity contribution is -0.121. The molecule has 0 radical (unpaired) electrons. The number of carbonyl (C=O) groups is 1. The molecule has 0 saturated carbocycles. The molecule has 0 aliphatic carbocycles. The normalized spacial score (nSPS) is 11.5. The molecule has 0 atom stereocenters. The van der Waals surface area contributed by atoms with Crippen LogP contribution in [0, 0.1) is 5.92 Å². The lowest BCUT2D eigenvalue weighted by Crippen LogP contribution is -2.34. The minimum absolute atomic E-state index is 0.000911. The van der Waals surface area contributed by atoms with Gasteiger partial charge in [0.05, 0.1) is 4.90 Å². The first-order valence-electron chi connectivity index (χ1n) is 8.05. The lowest BCUT2D eigenvalue weighted by Gasteiger charge is -2.09. The fourth-order valence-electron chi connectivity index (χ4n) is 2.11. The molecule has 140 valence electrons. The van der Waals surface area contributed by atoms with E-state index in [1.807, 2.05) is 13.8 Å². The third-order valence-electron chi connectivity index (χ3n) is 3.58. The van der Waals surface area contributed by atoms with Crippen LogP contribution < -0.4 is 10.9 Å². The van der Waals surface area contributed by atoms with Crippen molar-refractivity contribution in [3.05, 3.63) is 51.8 Å². The highest BCUT2D eigenvalue weighted by molar-refractivity contribution is 7.91. The van der Waals surface area contributed by atoms with Gasteiger partial charge in [0.1, 0.15) is 6.54 Å². The molecule has 1 aromatic heterocycles.